The summed E-state index contributed by atoms with van der Waals surface area (Å²) in [5.74, 6) is 0. The maximum atomic E-state index is 12.7. The predicted octanol–water partition coefficient (Wildman–Crippen LogP) is 10.6. The van der Waals surface area contributed by atoms with E-state index >= 15 is 0 Å². The summed E-state index contributed by atoms with van der Waals surface area (Å²) >= 11 is 0. The van der Waals surface area contributed by atoms with Crippen molar-refractivity contribution in [3.05, 3.63) is 53.7 Å². The Labute approximate surface area is 242 Å². The second-order valence-electron chi connectivity index (χ2n) is 9.47. The minimum Gasteiger partial charge on any atom is -0.305 e. The average molecular weight is 759 g/mol. The SMILES string of the molecule is CCCC[PH+](CCCC)CCCC.C[Si](C)C.FC(F)(F)c1[c-]c(-c2ccccn2)cc(C(F)(F)F)c1.[Ir]. The van der Waals surface area contributed by atoms with E-state index in [9.17, 15) is 26.3 Å². The zero-order valence-corrected chi connectivity index (χ0v) is 27.8. The standard InChI is InChI=1S/C13H6F6N.C12H27P.C3H9Si.Ir/c14-12(15,16)9-5-8(11-3-1-2-4-20-11)6-10(7-9)13(17,18)19;1-4-7-10-13(11-8-5-2)12-9-6-3;1-4(2)3;/h1-5,7H;4-12H2,1-3H3;1-3H3;/q-1;;;/p+1. The summed E-state index contributed by atoms with van der Waals surface area (Å²) in [4.78, 5) is 3.73. The molecular weight excluding hydrogens is 716 g/mol. The van der Waals surface area contributed by atoms with Gasteiger partial charge >= 0.3 is 12.4 Å². The first-order chi connectivity index (χ1) is 17.3. The van der Waals surface area contributed by atoms with Crippen LogP contribution in [0, 0.1) is 6.07 Å². The number of alkyl halides is 6. The molecule has 0 saturated heterocycles. The molecule has 1 aromatic carbocycles. The molecule has 1 heterocycles. The molecule has 2 rings (SSSR count). The van der Waals surface area contributed by atoms with Gasteiger partial charge in [-0.05, 0) is 42.1 Å². The molecule has 2 radical (unpaired) electrons. The van der Waals surface area contributed by atoms with Gasteiger partial charge in [-0.1, -0.05) is 71.8 Å². The Morgan fingerprint density at radius 2 is 1.26 bits per heavy atom. The van der Waals surface area contributed by atoms with E-state index in [2.05, 4.69) is 45.4 Å². The van der Waals surface area contributed by atoms with Gasteiger partial charge in [0.15, 0.2) is 0 Å². The van der Waals surface area contributed by atoms with Crippen molar-refractivity contribution in [2.24, 2.45) is 0 Å². The Morgan fingerprint density at radius 1 is 0.789 bits per heavy atom. The third-order valence-corrected chi connectivity index (χ3v) is 8.28. The number of hydrogen-bond donors (Lipinski definition) is 0. The summed E-state index contributed by atoms with van der Waals surface area (Å²) in [6.45, 7) is 13.8. The third-order valence-electron chi connectivity index (χ3n) is 5.09. The Bertz CT molecular complexity index is 793. The molecule has 0 unspecified atom stereocenters. The zero-order valence-electron chi connectivity index (χ0n) is 23.4. The van der Waals surface area contributed by atoms with Gasteiger partial charge in [0.05, 0.1) is 18.5 Å². The van der Waals surface area contributed by atoms with Gasteiger partial charge in [-0.25, -0.2) is 0 Å². The number of unbranched alkanes of at least 4 members (excludes halogenated alkanes) is 3. The molecule has 1 nitrogen and oxygen atoms in total. The van der Waals surface area contributed by atoms with Crippen molar-refractivity contribution in [1.29, 1.82) is 0 Å². The summed E-state index contributed by atoms with van der Waals surface area (Å²) in [7, 11) is 0.188. The van der Waals surface area contributed by atoms with E-state index in [0.717, 1.165) is 0 Å². The van der Waals surface area contributed by atoms with Crippen LogP contribution in [0.2, 0.25) is 19.6 Å². The van der Waals surface area contributed by atoms with Crippen molar-refractivity contribution in [2.75, 3.05) is 18.5 Å². The van der Waals surface area contributed by atoms with Gasteiger partial charge in [0, 0.05) is 43.0 Å². The van der Waals surface area contributed by atoms with Crippen molar-refractivity contribution in [1.82, 2.24) is 4.98 Å². The minimum absolute atomic E-state index is 0. The monoisotopic (exact) mass is 759 g/mol. The second-order valence-corrected chi connectivity index (χ2v) is 15.5. The van der Waals surface area contributed by atoms with Crippen LogP contribution in [0.5, 0.6) is 0 Å². The molecule has 1 aromatic heterocycles. The summed E-state index contributed by atoms with van der Waals surface area (Å²) < 4.78 is 75.8. The van der Waals surface area contributed by atoms with Crippen LogP contribution < -0.4 is 0 Å². The smallest absolute Gasteiger partial charge is 0.305 e. The quantitative estimate of drug-likeness (QED) is 0.102. The van der Waals surface area contributed by atoms with E-state index < -0.39 is 23.5 Å². The van der Waals surface area contributed by atoms with Crippen LogP contribution in [0.1, 0.15) is 70.4 Å². The van der Waals surface area contributed by atoms with Crippen LogP contribution in [0.4, 0.5) is 26.3 Å². The second kappa shape index (κ2) is 21.1. The fraction of sp³-hybridized carbons (Fsp3) is 0.607. The molecule has 0 N–H and O–H groups in total. The molecule has 2 aromatic rings. The van der Waals surface area contributed by atoms with Gasteiger partial charge in [0.2, 0.25) is 0 Å². The van der Waals surface area contributed by atoms with Crippen molar-refractivity contribution >= 4 is 16.7 Å². The Hall–Kier alpha value is -0.754. The third kappa shape index (κ3) is 18.5. The maximum absolute atomic E-state index is 12.7. The topological polar surface area (TPSA) is 12.9 Å². The Kier molecular flexibility index (Phi) is 21.8. The van der Waals surface area contributed by atoms with Gasteiger partial charge in [-0.15, -0.1) is 23.8 Å². The van der Waals surface area contributed by atoms with Gasteiger partial charge < -0.3 is 4.98 Å². The number of benzene rings is 1. The van der Waals surface area contributed by atoms with Gasteiger partial charge in [-0.2, -0.15) is 26.3 Å². The number of hydrogen-bond acceptors (Lipinski definition) is 1. The van der Waals surface area contributed by atoms with Crippen molar-refractivity contribution in [3.63, 3.8) is 0 Å². The number of nitrogens with zero attached hydrogens (tertiary/aromatic N) is 1. The maximum Gasteiger partial charge on any atom is 0.399 e. The molecule has 10 heteroatoms. The van der Waals surface area contributed by atoms with E-state index in [1.807, 2.05) is 6.07 Å². The van der Waals surface area contributed by atoms with Crippen molar-refractivity contribution < 1.29 is 46.4 Å². The number of halogens is 6. The molecule has 220 valence electrons. The molecule has 38 heavy (non-hydrogen) atoms. The largest absolute Gasteiger partial charge is 0.399 e. The predicted molar refractivity (Wildman–Crippen MR) is 149 cm³/mol. The van der Waals surface area contributed by atoms with E-state index in [1.165, 1.54) is 62.9 Å². The first-order valence-corrected chi connectivity index (χ1v) is 18.1. The van der Waals surface area contributed by atoms with Crippen LogP contribution in [0.15, 0.2) is 36.5 Å². The van der Waals surface area contributed by atoms with Crippen LogP contribution in [0.3, 0.4) is 0 Å². The van der Waals surface area contributed by atoms with Gasteiger partial charge in [0.25, 0.3) is 0 Å². The number of pyridine rings is 1. The van der Waals surface area contributed by atoms with E-state index in [4.69, 9.17) is 0 Å². The molecular formula is C28H43F6IrNPSi. The fourth-order valence-electron chi connectivity index (χ4n) is 3.20. The van der Waals surface area contributed by atoms with Crippen LogP contribution >= 0.6 is 7.92 Å². The Balaban J connectivity index is 0. The summed E-state index contributed by atoms with van der Waals surface area (Å²) in [5.41, 5.74) is -3.23. The molecule has 0 aliphatic heterocycles. The summed E-state index contributed by atoms with van der Waals surface area (Å²) in [6, 6.07) is 6.83. The molecule has 0 saturated carbocycles. The first kappa shape index (κ1) is 39.4. The summed E-state index contributed by atoms with van der Waals surface area (Å²) in [6.07, 6.45) is 4.89. The molecule has 0 fully saturated rings. The first-order valence-electron chi connectivity index (χ1n) is 13.0. The fourth-order valence-corrected chi connectivity index (χ4v) is 6.51. The molecule has 0 aliphatic rings. The molecule has 0 bridgehead atoms. The number of aromatic nitrogens is 1. The number of rotatable bonds is 10. The molecule has 0 amide bonds. The zero-order chi connectivity index (χ0) is 28.5. The normalized spacial score (nSPS) is 11.3. The molecule has 0 atom stereocenters. The van der Waals surface area contributed by atoms with Crippen LogP contribution in [0.25, 0.3) is 11.3 Å². The van der Waals surface area contributed by atoms with E-state index in [1.54, 1.807) is 18.5 Å². The van der Waals surface area contributed by atoms with Gasteiger partial charge in [-0.3, -0.25) is 0 Å². The van der Waals surface area contributed by atoms with Gasteiger partial charge in [0.1, 0.15) is 0 Å². The van der Waals surface area contributed by atoms with Crippen molar-refractivity contribution in [2.45, 2.75) is 91.3 Å². The van der Waals surface area contributed by atoms with E-state index in [-0.39, 0.29) is 54.1 Å². The summed E-state index contributed by atoms with van der Waals surface area (Å²) in [5, 5.41) is 0. The van der Waals surface area contributed by atoms with Crippen LogP contribution in [-0.4, -0.2) is 32.3 Å². The average Bonchev–Trinajstić information content (AvgIpc) is 2.83. The Morgan fingerprint density at radius 3 is 1.61 bits per heavy atom. The van der Waals surface area contributed by atoms with Crippen LogP contribution in [-0.2, 0) is 32.5 Å². The molecule has 0 spiro atoms. The molecule has 0 aliphatic carbocycles. The minimum atomic E-state index is -4.91. The van der Waals surface area contributed by atoms with Crippen molar-refractivity contribution in [3.8, 4) is 11.3 Å². The van der Waals surface area contributed by atoms with E-state index in [0.29, 0.717) is 6.07 Å².